The van der Waals surface area contributed by atoms with Gasteiger partial charge < -0.3 is 9.64 Å². The molecule has 2 nitrogen and oxygen atoms in total. The van der Waals surface area contributed by atoms with Crippen LogP contribution in [0.25, 0.3) is 0 Å². The summed E-state index contributed by atoms with van der Waals surface area (Å²) >= 11 is 0. The monoisotopic (exact) mass is 243 g/mol. The molecular formula is C16H21NO. The van der Waals surface area contributed by atoms with Crippen LogP contribution in [-0.2, 0) is 0 Å². The highest BCUT2D eigenvalue weighted by molar-refractivity contribution is 5.36. The summed E-state index contributed by atoms with van der Waals surface area (Å²) in [6.07, 6.45) is 0. The van der Waals surface area contributed by atoms with Crippen LogP contribution in [0, 0.1) is 6.92 Å². The Labute approximate surface area is 110 Å². The number of para-hydroxylation sites is 2. The van der Waals surface area contributed by atoms with E-state index in [-0.39, 0.29) is 0 Å². The predicted octanol–water partition coefficient (Wildman–Crippen LogP) is 3.97. The van der Waals surface area contributed by atoms with Gasteiger partial charge in [-0.3, -0.25) is 0 Å². The number of rotatable bonds is 2. The van der Waals surface area contributed by atoms with Crippen LogP contribution in [0.4, 0.5) is 0 Å². The maximum Gasteiger partial charge on any atom is 0.130 e. The first-order valence-corrected chi connectivity index (χ1v) is 5.99. The van der Waals surface area contributed by atoms with Gasteiger partial charge in [-0.05, 0) is 51.8 Å². The van der Waals surface area contributed by atoms with Crippen molar-refractivity contribution in [2.24, 2.45) is 0 Å². The van der Waals surface area contributed by atoms with Crippen LogP contribution in [0.5, 0.6) is 11.5 Å². The second kappa shape index (κ2) is 7.51. The lowest BCUT2D eigenvalue weighted by atomic mass is 10.2. The fourth-order valence-corrected chi connectivity index (χ4v) is 1.29. The van der Waals surface area contributed by atoms with Crippen LogP contribution in [0.3, 0.4) is 0 Å². The standard InChI is InChI=1S/C13H12O.C3H9N/c1-11-7-5-6-10-13(11)14-12-8-3-2-4-9-12;1-4(2)3/h2-10H,1H3;1-3H3. The zero-order valence-corrected chi connectivity index (χ0v) is 11.6. The van der Waals surface area contributed by atoms with Gasteiger partial charge in [0.25, 0.3) is 0 Å². The number of aryl methyl sites for hydroxylation is 1. The molecule has 96 valence electrons. The smallest absolute Gasteiger partial charge is 0.130 e. The molecule has 0 aliphatic rings. The molecule has 0 bridgehead atoms. The van der Waals surface area contributed by atoms with Gasteiger partial charge in [0.2, 0.25) is 0 Å². The van der Waals surface area contributed by atoms with Crippen LogP contribution in [0.15, 0.2) is 54.6 Å². The van der Waals surface area contributed by atoms with E-state index in [0.29, 0.717) is 0 Å². The van der Waals surface area contributed by atoms with E-state index < -0.39 is 0 Å². The van der Waals surface area contributed by atoms with E-state index in [9.17, 15) is 0 Å². The van der Waals surface area contributed by atoms with Crippen molar-refractivity contribution in [3.63, 3.8) is 0 Å². The van der Waals surface area contributed by atoms with Crippen LogP contribution in [-0.4, -0.2) is 26.0 Å². The van der Waals surface area contributed by atoms with E-state index in [4.69, 9.17) is 4.74 Å². The van der Waals surface area contributed by atoms with Gasteiger partial charge in [-0.1, -0.05) is 36.4 Å². The predicted molar refractivity (Wildman–Crippen MR) is 77.3 cm³/mol. The second-order valence-corrected chi connectivity index (χ2v) is 4.52. The Balaban J connectivity index is 0.000000357. The Bertz CT molecular complexity index is 449. The Morgan fingerprint density at radius 2 is 1.28 bits per heavy atom. The van der Waals surface area contributed by atoms with Crippen molar-refractivity contribution >= 4 is 0 Å². The van der Waals surface area contributed by atoms with Gasteiger partial charge >= 0.3 is 0 Å². The SMILES string of the molecule is CN(C)C.Cc1ccccc1Oc1ccccc1. The summed E-state index contributed by atoms with van der Waals surface area (Å²) in [5.41, 5.74) is 1.15. The van der Waals surface area contributed by atoms with Crippen LogP contribution < -0.4 is 4.74 Å². The van der Waals surface area contributed by atoms with Crippen LogP contribution in [0.1, 0.15) is 5.56 Å². The van der Waals surface area contributed by atoms with Crippen molar-refractivity contribution in [3.05, 3.63) is 60.2 Å². The first-order chi connectivity index (χ1) is 8.59. The normalized spacial score (nSPS) is 9.61. The highest BCUT2D eigenvalue weighted by atomic mass is 16.5. The molecule has 0 N–H and O–H groups in total. The molecule has 2 heteroatoms. The lowest BCUT2D eigenvalue weighted by molar-refractivity contribution is 0.479. The van der Waals surface area contributed by atoms with Crippen molar-refractivity contribution < 1.29 is 4.74 Å². The molecule has 0 aliphatic heterocycles. The average Bonchev–Trinajstić information content (AvgIpc) is 2.33. The summed E-state index contributed by atoms with van der Waals surface area (Å²) in [7, 11) is 6.00. The van der Waals surface area contributed by atoms with Crippen molar-refractivity contribution in [1.82, 2.24) is 4.90 Å². The zero-order chi connectivity index (χ0) is 13.4. The van der Waals surface area contributed by atoms with E-state index >= 15 is 0 Å². The summed E-state index contributed by atoms with van der Waals surface area (Å²) in [5.74, 6) is 1.79. The minimum absolute atomic E-state index is 0.877. The molecule has 0 unspecified atom stereocenters. The molecule has 0 saturated heterocycles. The molecule has 0 radical (unpaired) electrons. The molecule has 2 aromatic carbocycles. The van der Waals surface area contributed by atoms with E-state index in [0.717, 1.165) is 17.1 Å². The number of hydrogen-bond donors (Lipinski definition) is 0. The lowest BCUT2D eigenvalue weighted by Gasteiger charge is -2.07. The molecule has 0 atom stereocenters. The highest BCUT2D eigenvalue weighted by Crippen LogP contribution is 2.23. The third-order valence-electron chi connectivity index (χ3n) is 2.06. The maximum absolute atomic E-state index is 5.71. The van der Waals surface area contributed by atoms with Gasteiger partial charge in [-0.15, -0.1) is 0 Å². The fraction of sp³-hybridized carbons (Fsp3) is 0.250. The largest absolute Gasteiger partial charge is 0.457 e. The molecule has 0 heterocycles. The Kier molecular flexibility index (Phi) is 5.95. The Hall–Kier alpha value is -1.80. The average molecular weight is 243 g/mol. The van der Waals surface area contributed by atoms with Gasteiger partial charge in [0, 0.05) is 0 Å². The summed E-state index contributed by atoms with van der Waals surface area (Å²) < 4.78 is 5.71. The van der Waals surface area contributed by atoms with Crippen molar-refractivity contribution in [2.75, 3.05) is 21.1 Å². The summed E-state index contributed by atoms with van der Waals surface area (Å²) in [6.45, 7) is 2.04. The molecule has 0 aliphatic carbocycles. The highest BCUT2D eigenvalue weighted by Gasteiger charge is 1.98. The first-order valence-electron chi connectivity index (χ1n) is 5.99. The van der Waals surface area contributed by atoms with Crippen molar-refractivity contribution in [2.45, 2.75) is 6.92 Å². The van der Waals surface area contributed by atoms with Crippen LogP contribution in [0.2, 0.25) is 0 Å². The quantitative estimate of drug-likeness (QED) is 0.791. The Morgan fingerprint density at radius 3 is 1.83 bits per heavy atom. The van der Waals surface area contributed by atoms with Crippen molar-refractivity contribution in [1.29, 1.82) is 0 Å². The third-order valence-corrected chi connectivity index (χ3v) is 2.06. The van der Waals surface area contributed by atoms with Gasteiger partial charge in [-0.2, -0.15) is 0 Å². The lowest BCUT2D eigenvalue weighted by Crippen LogP contribution is -1.99. The van der Waals surface area contributed by atoms with Gasteiger partial charge in [-0.25, -0.2) is 0 Å². The molecule has 2 aromatic rings. The van der Waals surface area contributed by atoms with E-state index in [1.807, 2.05) is 87.6 Å². The molecule has 0 saturated carbocycles. The van der Waals surface area contributed by atoms with Gasteiger partial charge in [0.15, 0.2) is 0 Å². The number of hydrogen-bond acceptors (Lipinski definition) is 2. The topological polar surface area (TPSA) is 12.5 Å². The molecule has 18 heavy (non-hydrogen) atoms. The van der Waals surface area contributed by atoms with Gasteiger partial charge in [0.1, 0.15) is 11.5 Å². The molecule has 2 rings (SSSR count). The molecule has 0 amide bonds. The number of benzene rings is 2. The van der Waals surface area contributed by atoms with E-state index in [1.54, 1.807) is 0 Å². The molecule has 0 aromatic heterocycles. The molecule has 0 spiro atoms. The van der Waals surface area contributed by atoms with Gasteiger partial charge in [0.05, 0.1) is 0 Å². The minimum Gasteiger partial charge on any atom is -0.457 e. The number of nitrogens with zero attached hydrogens (tertiary/aromatic N) is 1. The third kappa shape index (κ3) is 5.51. The summed E-state index contributed by atoms with van der Waals surface area (Å²) in [5, 5.41) is 0. The molecular weight excluding hydrogens is 222 g/mol. The van der Waals surface area contributed by atoms with Crippen molar-refractivity contribution in [3.8, 4) is 11.5 Å². The summed E-state index contributed by atoms with van der Waals surface area (Å²) in [4.78, 5) is 2.00. The Morgan fingerprint density at radius 1 is 0.778 bits per heavy atom. The maximum atomic E-state index is 5.71. The first kappa shape index (κ1) is 14.3. The second-order valence-electron chi connectivity index (χ2n) is 4.52. The van der Waals surface area contributed by atoms with E-state index in [2.05, 4.69) is 0 Å². The zero-order valence-electron chi connectivity index (χ0n) is 11.6. The number of ether oxygens (including phenoxy) is 1. The van der Waals surface area contributed by atoms with E-state index in [1.165, 1.54) is 0 Å². The fourth-order valence-electron chi connectivity index (χ4n) is 1.29. The summed E-state index contributed by atoms with van der Waals surface area (Å²) in [6, 6.07) is 17.8. The minimum atomic E-state index is 0.877. The molecule has 0 fully saturated rings. The van der Waals surface area contributed by atoms with Crippen LogP contribution >= 0.6 is 0 Å².